The highest BCUT2D eigenvalue weighted by Crippen LogP contribution is 2.05. The molecule has 0 rings (SSSR count). The molecule has 0 fully saturated rings. The van der Waals surface area contributed by atoms with Crippen LogP contribution >= 0.6 is 0 Å². The number of hydrogen-bond acceptors (Lipinski definition) is 0. The molecule has 0 aliphatic rings. The summed E-state index contributed by atoms with van der Waals surface area (Å²) in [6.45, 7) is 6.00. The van der Waals surface area contributed by atoms with Gasteiger partial charge in [-0.25, -0.2) is 0 Å². The van der Waals surface area contributed by atoms with Gasteiger partial charge in [-0.2, -0.15) is 0 Å². The molecule has 0 aromatic heterocycles. The predicted octanol–water partition coefficient (Wildman–Crippen LogP) is 4.13. The largest absolute Gasteiger partial charge is 0.0888 e. The number of allylic oxidation sites excluding steroid dienone is 2. The number of rotatable bonds is 7. The van der Waals surface area contributed by atoms with Crippen molar-refractivity contribution in [3.63, 3.8) is 0 Å². The summed E-state index contributed by atoms with van der Waals surface area (Å²) in [6, 6.07) is 0. The molecule has 0 heterocycles. The van der Waals surface area contributed by atoms with Gasteiger partial charge in [0.1, 0.15) is 0 Å². The molecular weight excluding hydrogens is 132 g/mol. The van der Waals surface area contributed by atoms with E-state index in [4.69, 9.17) is 0 Å². The molecule has 1 radical (unpaired) electrons. The van der Waals surface area contributed by atoms with E-state index in [2.05, 4.69) is 26.0 Å². The van der Waals surface area contributed by atoms with Gasteiger partial charge in [-0.15, -0.1) is 0 Å². The SMILES string of the molecule is [CH2]CCCCCCC=CCC. The highest BCUT2D eigenvalue weighted by Gasteiger charge is 1.85. The average molecular weight is 153 g/mol. The van der Waals surface area contributed by atoms with Crippen LogP contribution in [-0.2, 0) is 0 Å². The zero-order valence-electron chi connectivity index (χ0n) is 7.81. The fraction of sp³-hybridized carbons (Fsp3) is 0.727. The van der Waals surface area contributed by atoms with Gasteiger partial charge in [0.05, 0.1) is 0 Å². The third-order valence-corrected chi connectivity index (χ3v) is 1.77. The first-order valence-corrected chi connectivity index (χ1v) is 4.86. The summed E-state index contributed by atoms with van der Waals surface area (Å²) in [4.78, 5) is 0. The van der Waals surface area contributed by atoms with Crippen molar-refractivity contribution in [2.24, 2.45) is 0 Å². The van der Waals surface area contributed by atoms with E-state index in [0.29, 0.717) is 0 Å². The second-order valence-electron chi connectivity index (χ2n) is 2.94. The highest BCUT2D eigenvalue weighted by molar-refractivity contribution is 4.79. The van der Waals surface area contributed by atoms with Crippen LogP contribution in [0.5, 0.6) is 0 Å². The second kappa shape index (κ2) is 9.74. The smallest absolute Gasteiger partial charge is 0.0351 e. The summed E-state index contributed by atoms with van der Waals surface area (Å²) in [5, 5.41) is 0. The third kappa shape index (κ3) is 9.74. The van der Waals surface area contributed by atoms with E-state index in [1.54, 1.807) is 0 Å². The molecular formula is C11H21. The monoisotopic (exact) mass is 153 g/mol. The van der Waals surface area contributed by atoms with Gasteiger partial charge in [0.2, 0.25) is 0 Å². The molecule has 0 amide bonds. The molecule has 0 atom stereocenters. The van der Waals surface area contributed by atoms with Gasteiger partial charge in [-0.05, 0) is 19.3 Å². The molecule has 0 unspecified atom stereocenters. The molecule has 0 aromatic carbocycles. The van der Waals surface area contributed by atoms with Crippen LogP contribution in [0, 0.1) is 6.92 Å². The van der Waals surface area contributed by atoms with Crippen molar-refractivity contribution in [1.29, 1.82) is 0 Å². The third-order valence-electron chi connectivity index (χ3n) is 1.77. The van der Waals surface area contributed by atoms with Crippen molar-refractivity contribution in [2.75, 3.05) is 0 Å². The standard InChI is InChI=1S/C11H21/c1-3-5-7-9-11-10-8-6-4-2/h6,8H,1,3-5,7,9-11H2,2H3. The Morgan fingerprint density at radius 3 is 2.36 bits per heavy atom. The van der Waals surface area contributed by atoms with Crippen molar-refractivity contribution < 1.29 is 0 Å². The molecule has 0 bridgehead atoms. The van der Waals surface area contributed by atoms with Gasteiger partial charge in [0, 0.05) is 0 Å². The lowest BCUT2D eigenvalue weighted by Gasteiger charge is -1.95. The molecule has 0 aliphatic heterocycles. The summed E-state index contributed by atoms with van der Waals surface area (Å²) >= 11 is 0. The summed E-state index contributed by atoms with van der Waals surface area (Å²) in [6.07, 6.45) is 13.5. The molecule has 0 N–H and O–H groups in total. The fourth-order valence-corrected chi connectivity index (χ4v) is 1.08. The minimum Gasteiger partial charge on any atom is -0.0888 e. The van der Waals surface area contributed by atoms with Crippen LogP contribution in [0.1, 0.15) is 51.9 Å². The molecule has 65 valence electrons. The maximum Gasteiger partial charge on any atom is -0.0351 e. The van der Waals surface area contributed by atoms with Crippen molar-refractivity contribution >= 4 is 0 Å². The van der Waals surface area contributed by atoms with Crippen molar-refractivity contribution in [1.82, 2.24) is 0 Å². The lowest BCUT2D eigenvalue weighted by Crippen LogP contribution is -1.75. The Kier molecular flexibility index (Phi) is 9.51. The van der Waals surface area contributed by atoms with Crippen LogP contribution in [0.15, 0.2) is 12.2 Å². The summed E-state index contributed by atoms with van der Waals surface area (Å²) < 4.78 is 0. The van der Waals surface area contributed by atoms with Gasteiger partial charge in [-0.3, -0.25) is 0 Å². The summed E-state index contributed by atoms with van der Waals surface area (Å²) in [5.41, 5.74) is 0. The van der Waals surface area contributed by atoms with Crippen LogP contribution in [0.3, 0.4) is 0 Å². The van der Waals surface area contributed by atoms with Crippen molar-refractivity contribution in [3.05, 3.63) is 19.1 Å². The Morgan fingerprint density at radius 1 is 1.00 bits per heavy atom. The van der Waals surface area contributed by atoms with Gasteiger partial charge < -0.3 is 0 Å². The van der Waals surface area contributed by atoms with Crippen LogP contribution in [0.2, 0.25) is 0 Å². The molecule has 0 nitrogen and oxygen atoms in total. The molecule has 0 aromatic rings. The normalized spacial score (nSPS) is 11.1. The van der Waals surface area contributed by atoms with Crippen LogP contribution in [-0.4, -0.2) is 0 Å². The molecule has 0 saturated carbocycles. The zero-order valence-corrected chi connectivity index (χ0v) is 7.81. The van der Waals surface area contributed by atoms with Gasteiger partial charge in [-0.1, -0.05) is 51.7 Å². The van der Waals surface area contributed by atoms with E-state index in [0.717, 1.165) is 6.42 Å². The Morgan fingerprint density at radius 2 is 1.73 bits per heavy atom. The van der Waals surface area contributed by atoms with E-state index in [1.165, 1.54) is 38.5 Å². The molecule has 0 spiro atoms. The van der Waals surface area contributed by atoms with E-state index in [9.17, 15) is 0 Å². The van der Waals surface area contributed by atoms with Crippen LogP contribution in [0.25, 0.3) is 0 Å². The summed E-state index contributed by atoms with van der Waals surface area (Å²) in [5.74, 6) is 0. The number of hydrogen-bond donors (Lipinski definition) is 0. The van der Waals surface area contributed by atoms with Crippen molar-refractivity contribution in [3.8, 4) is 0 Å². The Bertz CT molecular complexity index is 82.0. The lowest BCUT2D eigenvalue weighted by atomic mass is 10.1. The first-order chi connectivity index (χ1) is 5.41. The van der Waals surface area contributed by atoms with E-state index < -0.39 is 0 Å². The van der Waals surface area contributed by atoms with E-state index in [1.807, 2.05) is 0 Å². The van der Waals surface area contributed by atoms with E-state index in [-0.39, 0.29) is 0 Å². The molecule has 0 aliphatic carbocycles. The zero-order chi connectivity index (χ0) is 8.36. The topological polar surface area (TPSA) is 0 Å². The van der Waals surface area contributed by atoms with Gasteiger partial charge in [0.25, 0.3) is 0 Å². The quantitative estimate of drug-likeness (QED) is 0.381. The van der Waals surface area contributed by atoms with E-state index >= 15 is 0 Å². The fourth-order valence-electron chi connectivity index (χ4n) is 1.08. The number of unbranched alkanes of at least 4 members (excludes halogenated alkanes) is 5. The van der Waals surface area contributed by atoms with Crippen molar-refractivity contribution in [2.45, 2.75) is 51.9 Å². The maximum atomic E-state index is 3.82. The predicted molar refractivity (Wildman–Crippen MR) is 52.5 cm³/mol. The van der Waals surface area contributed by atoms with Gasteiger partial charge in [0.15, 0.2) is 0 Å². The summed E-state index contributed by atoms with van der Waals surface area (Å²) in [7, 11) is 0. The van der Waals surface area contributed by atoms with Gasteiger partial charge >= 0.3 is 0 Å². The first kappa shape index (κ1) is 10.7. The molecule has 11 heavy (non-hydrogen) atoms. The average Bonchev–Trinajstić information content (AvgIpc) is 2.03. The van der Waals surface area contributed by atoms with Crippen LogP contribution in [0.4, 0.5) is 0 Å². The Hall–Kier alpha value is -0.260. The highest BCUT2D eigenvalue weighted by atomic mass is 13.9. The molecule has 0 saturated heterocycles. The Labute approximate surface area is 71.7 Å². The minimum absolute atomic E-state index is 1.10. The Balaban J connectivity index is 2.85. The lowest BCUT2D eigenvalue weighted by molar-refractivity contribution is 0.651. The van der Waals surface area contributed by atoms with Crippen LogP contribution < -0.4 is 0 Å². The molecule has 0 heteroatoms. The second-order valence-corrected chi connectivity index (χ2v) is 2.94. The maximum absolute atomic E-state index is 3.82. The first-order valence-electron chi connectivity index (χ1n) is 4.86. The minimum atomic E-state index is 1.10.